The predicted octanol–water partition coefficient (Wildman–Crippen LogP) is 3.10. The van der Waals surface area contributed by atoms with Gasteiger partial charge in [-0.2, -0.15) is 5.10 Å². The molecule has 0 atom stereocenters. The van der Waals surface area contributed by atoms with Crippen molar-refractivity contribution in [3.63, 3.8) is 0 Å². The third-order valence-electron chi connectivity index (χ3n) is 5.13. The summed E-state index contributed by atoms with van der Waals surface area (Å²) in [6.07, 6.45) is 0. The van der Waals surface area contributed by atoms with Gasteiger partial charge in [-0.15, -0.1) is 0 Å². The van der Waals surface area contributed by atoms with Crippen molar-refractivity contribution in [2.45, 2.75) is 46.8 Å². The molecular weight excluding hydrogens is 312 g/mol. The second-order valence-electron chi connectivity index (χ2n) is 7.41. The van der Waals surface area contributed by atoms with Crippen molar-refractivity contribution in [3.8, 4) is 5.75 Å². The van der Waals surface area contributed by atoms with Crippen molar-refractivity contribution < 1.29 is 5.11 Å². The lowest BCUT2D eigenvalue weighted by Gasteiger charge is -2.34. The average molecular weight is 342 g/mol. The van der Waals surface area contributed by atoms with E-state index >= 15 is 0 Å². The molecule has 0 aliphatic carbocycles. The normalized spacial score (nSPS) is 16.7. The number of hydrogen-bond donors (Lipinski definition) is 1. The average Bonchev–Trinajstić information content (AvgIpc) is 2.85. The van der Waals surface area contributed by atoms with Crippen molar-refractivity contribution in [3.05, 3.63) is 46.8 Å². The van der Waals surface area contributed by atoms with Gasteiger partial charge < -0.3 is 5.11 Å². The zero-order valence-electron chi connectivity index (χ0n) is 15.9. The molecule has 0 unspecified atom stereocenters. The van der Waals surface area contributed by atoms with Crippen LogP contribution >= 0.6 is 0 Å². The molecule has 0 saturated carbocycles. The predicted molar refractivity (Wildman–Crippen MR) is 101 cm³/mol. The molecule has 1 aliphatic rings. The highest BCUT2D eigenvalue weighted by Gasteiger charge is 2.21. The van der Waals surface area contributed by atoms with E-state index in [2.05, 4.69) is 48.2 Å². The first-order valence-corrected chi connectivity index (χ1v) is 9.21. The lowest BCUT2D eigenvalue weighted by atomic mass is 10.1. The van der Waals surface area contributed by atoms with Gasteiger partial charge >= 0.3 is 0 Å². The molecule has 2 heterocycles. The minimum absolute atomic E-state index is 0.351. The van der Waals surface area contributed by atoms with Gasteiger partial charge in [-0.1, -0.05) is 12.1 Å². The van der Waals surface area contributed by atoms with Gasteiger partial charge in [0.1, 0.15) is 5.75 Å². The molecule has 2 aromatic rings. The Bertz CT molecular complexity index is 714. The first-order chi connectivity index (χ1) is 11.9. The zero-order chi connectivity index (χ0) is 18.0. The molecule has 1 aromatic heterocycles. The Labute approximate surface area is 150 Å². The lowest BCUT2D eigenvalue weighted by molar-refractivity contribution is 0.121. The maximum absolute atomic E-state index is 9.61. The van der Waals surface area contributed by atoms with E-state index in [0.717, 1.165) is 45.0 Å². The van der Waals surface area contributed by atoms with Crippen LogP contribution < -0.4 is 0 Å². The molecule has 3 rings (SSSR count). The fraction of sp³-hybridized carbons (Fsp3) is 0.550. The number of nitrogens with zero attached hydrogens (tertiary/aromatic N) is 4. The van der Waals surface area contributed by atoms with Crippen molar-refractivity contribution in [2.24, 2.45) is 0 Å². The molecule has 0 spiro atoms. The van der Waals surface area contributed by atoms with Gasteiger partial charge in [-0.3, -0.25) is 14.5 Å². The highest BCUT2D eigenvalue weighted by atomic mass is 16.3. The van der Waals surface area contributed by atoms with Crippen LogP contribution in [0.5, 0.6) is 5.75 Å². The second-order valence-corrected chi connectivity index (χ2v) is 7.41. The van der Waals surface area contributed by atoms with Crippen LogP contribution in [0.2, 0.25) is 0 Å². The topological polar surface area (TPSA) is 44.5 Å². The standard InChI is InChI=1S/C20H30N4O/c1-15(2)24-17(4)20(16(3)21-24)14-23-10-8-22(9-11-23)13-18-6-5-7-19(25)12-18/h5-7,12,15,25H,8-11,13-14H2,1-4H3. The number of aromatic nitrogens is 2. The number of benzene rings is 1. The second kappa shape index (κ2) is 7.58. The summed E-state index contributed by atoms with van der Waals surface area (Å²) in [5, 5.41) is 14.3. The molecule has 0 bridgehead atoms. The lowest BCUT2D eigenvalue weighted by Crippen LogP contribution is -2.45. The fourth-order valence-corrected chi connectivity index (χ4v) is 3.67. The van der Waals surface area contributed by atoms with Gasteiger partial charge in [0.15, 0.2) is 0 Å². The van der Waals surface area contributed by atoms with E-state index in [1.807, 2.05) is 12.1 Å². The van der Waals surface area contributed by atoms with E-state index in [9.17, 15) is 5.11 Å². The summed E-state index contributed by atoms with van der Waals surface area (Å²) < 4.78 is 2.14. The van der Waals surface area contributed by atoms with Crippen LogP contribution in [0.15, 0.2) is 24.3 Å². The summed E-state index contributed by atoms with van der Waals surface area (Å²) in [5.74, 6) is 0.351. The number of aryl methyl sites for hydroxylation is 1. The molecular formula is C20H30N4O. The van der Waals surface area contributed by atoms with Crippen LogP contribution in [-0.2, 0) is 13.1 Å². The minimum atomic E-state index is 0.351. The smallest absolute Gasteiger partial charge is 0.115 e. The molecule has 1 aliphatic heterocycles. The Balaban J connectivity index is 1.56. The first-order valence-electron chi connectivity index (χ1n) is 9.21. The molecule has 1 saturated heterocycles. The number of phenolic OH excluding ortho intramolecular Hbond substituents is 1. The van der Waals surface area contributed by atoms with E-state index in [1.165, 1.54) is 16.8 Å². The Morgan fingerprint density at radius 1 is 1.04 bits per heavy atom. The van der Waals surface area contributed by atoms with Gasteiger partial charge in [0, 0.05) is 56.6 Å². The molecule has 1 aromatic carbocycles. The van der Waals surface area contributed by atoms with Crippen LogP contribution in [0.25, 0.3) is 0 Å². The SMILES string of the molecule is Cc1nn(C(C)C)c(C)c1CN1CCN(Cc2cccc(O)c2)CC1. The molecule has 25 heavy (non-hydrogen) atoms. The zero-order valence-corrected chi connectivity index (χ0v) is 15.9. The van der Waals surface area contributed by atoms with Gasteiger partial charge in [-0.25, -0.2) is 0 Å². The molecule has 0 radical (unpaired) electrons. The summed E-state index contributed by atoms with van der Waals surface area (Å²) >= 11 is 0. The summed E-state index contributed by atoms with van der Waals surface area (Å²) in [6, 6.07) is 7.99. The fourth-order valence-electron chi connectivity index (χ4n) is 3.67. The monoisotopic (exact) mass is 342 g/mol. The van der Waals surface area contributed by atoms with E-state index in [-0.39, 0.29) is 0 Å². The third kappa shape index (κ3) is 4.22. The number of rotatable bonds is 5. The quantitative estimate of drug-likeness (QED) is 0.907. The molecule has 1 N–H and O–H groups in total. The Morgan fingerprint density at radius 3 is 2.24 bits per heavy atom. The number of hydrogen-bond acceptors (Lipinski definition) is 4. The van der Waals surface area contributed by atoms with Crippen molar-refractivity contribution in [1.29, 1.82) is 0 Å². The van der Waals surface area contributed by atoms with Gasteiger partial charge in [0.25, 0.3) is 0 Å². The van der Waals surface area contributed by atoms with Crippen LogP contribution in [0.4, 0.5) is 0 Å². The van der Waals surface area contributed by atoms with E-state index in [1.54, 1.807) is 6.07 Å². The molecule has 5 nitrogen and oxygen atoms in total. The van der Waals surface area contributed by atoms with Gasteiger partial charge in [0.05, 0.1) is 5.69 Å². The van der Waals surface area contributed by atoms with Gasteiger partial charge in [-0.05, 0) is 45.4 Å². The van der Waals surface area contributed by atoms with Crippen molar-refractivity contribution in [2.75, 3.05) is 26.2 Å². The number of aromatic hydroxyl groups is 1. The minimum Gasteiger partial charge on any atom is -0.508 e. The third-order valence-corrected chi connectivity index (χ3v) is 5.13. The Kier molecular flexibility index (Phi) is 5.45. The number of phenols is 1. The van der Waals surface area contributed by atoms with E-state index in [4.69, 9.17) is 5.10 Å². The summed E-state index contributed by atoms with van der Waals surface area (Å²) in [5.41, 5.74) is 5.02. The van der Waals surface area contributed by atoms with Crippen LogP contribution in [0.3, 0.4) is 0 Å². The van der Waals surface area contributed by atoms with Crippen LogP contribution in [0, 0.1) is 13.8 Å². The Hall–Kier alpha value is -1.85. The van der Waals surface area contributed by atoms with E-state index < -0.39 is 0 Å². The highest BCUT2D eigenvalue weighted by Crippen LogP contribution is 2.20. The molecule has 5 heteroatoms. The van der Waals surface area contributed by atoms with Gasteiger partial charge in [0.2, 0.25) is 0 Å². The van der Waals surface area contributed by atoms with E-state index in [0.29, 0.717) is 11.8 Å². The summed E-state index contributed by atoms with van der Waals surface area (Å²) in [4.78, 5) is 4.99. The maximum atomic E-state index is 9.61. The van der Waals surface area contributed by atoms with Crippen molar-refractivity contribution >= 4 is 0 Å². The summed E-state index contributed by atoms with van der Waals surface area (Å²) in [6.45, 7) is 14.8. The molecule has 136 valence electrons. The molecule has 0 amide bonds. The highest BCUT2D eigenvalue weighted by molar-refractivity contribution is 5.27. The van der Waals surface area contributed by atoms with Crippen LogP contribution in [0.1, 0.15) is 42.4 Å². The van der Waals surface area contributed by atoms with Crippen molar-refractivity contribution in [1.82, 2.24) is 19.6 Å². The maximum Gasteiger partial charge on any atom is 0.115 e. The summed E-state index contributed by atoms with van der Waals surface area (Å²) in [7, 11) is 0. The first kappa shape index (κ1) is 18.0. The Morgan fingerprint density at radius 2 is 1.68 bits per heavy atom. The largest absolute Gasteiger partial charge is 0.508 e. The number of piperazine rings is 1. The van der Waals surface area contributed by atoms with Crippen LogP contribution in [-0.4, -0.2) is 50.9 Å². The molecule has 1 fully saturated rings.